The van der Waals surface area contributed by atoms with Gasteiger partial charge in [0.15, 0.2) is 0 Å². The van der Waals surface area contributed by atoms with Gasteiger partial charge in [-0.25, -0.2) is 4.98 Å². The van der Waals surface area contributed by atoms with Crippen LogP contribution in [0.4, 0.5) is 0 Å². The molecule has 2 heteroatoms. The molecule has 0 saturated heterocycles. The summed E-state index contributed by atoms with van der Waals surface area (Å²) in [6.45, 7) is 9.65. The van der Waals surface area contributed by atoms with Crippen LogP contribution < -0.4 is 0 Å². The van der Waals surface area contributed by atoms with Crippen LogP contribution in [0.25, 0.3) is 5.70 Å². The van der Waals surface area contributed by atoms with Gasteiger partial charge in [0.1, 0.15) is 0 Å². The molecule has 1 aromatic rings. The van der Waals surface area contributed by atoms with Gasteiger partial charge in [-0.2, -0.15) is 0 Å². The summed E-state index contributed by atoms with van der Waals surface area (Å²) in [6, 6.07) is 0. The van der Waals surface area contributed by atoms with Crippen molar-refractivity contribution < 1.29 is 0 Å². The Morgan fingerprint density at radius 2 is 2.10 bits per heavy atom. The first kappa shape index (κ1) is 8.95. The maximum Gasteiger partial charge on any atom is 0.0988 e. The summed E-state index contributed by atoms with van der Waals surface area (Å²) in [4.78, 5) is 3.85. The fourth-order valence-electron chi connectivity index (χ4n) is 0.485. The van der Waals surface area contributed by atoms with Gasteiger partial charge in [0.2, 0.25) is 0 Å². The van der Waals surface area contributed by atoms with Gasteiger partial charge in [-0.05, 0) is 6.92 Å². The average molecular weight is 138 g/mol. The number of hydrogen-bond acceptors (Lipinski definition) is 1. The van der Waals surface area contributed by atoms with Crippen LogP contribution in [0, 0.1) is 0 Å². The van der Waals surface area contributed by atoms with Gasteiger partial charge < -0.3 is 4.57 Å². The molecule has 10 heavy (non-hydrogen) atoms. The maximum absolute atomic E-state index is 3.85. The standard InChI is InChI=1S/C6H8N2.C2H6/c1-6(2)8-4-3-7-5-8;1-2/h3-5H,1H2,2H3;1-2H3. The Morgan fingerprint density at radius 1 is 1.50 bits per heavy atom. The normalized spacial score (nSPS) is 7.90. The van der Waals surface area contributed by atoms with Crippen LogP contribution in [-0.2, 0) is 0 Å². The third kappa shape index (κ3) is 2.49. The van der Waals surface area contributed by atoms with Crippen LogP contribution in [-0.4, -0.2) is 9.55 Å². The maximum atomic E-state index is 3.85. The molecule has 1 heterocycles. The summed E-state index contributed by atoms with van der Waals surface area (Å²) in [6.07, 6.45) is 5.32. The van der Waals surface area contributed by atoms with E-state index in [0.717, 1.165) is 5.70 Å². The number of rotatable bonds is 1. The average Bonchev–Trinajstić information content (AvgIpc) is 2.42. The highest BCUT2D eigenvalue weighted by atomic mass is 15.0. The van der Waals surface area contributed by atoms with E-state index >= 15 is 0 Å². The lowest BCUT2D eigenvalue weighted by Gasteiger charge is -1.94. The van der Waals surface area contributed by atoms with E-state index in [1.54, 1.807) is 12.5 Å². The molecule has 56 valence electrons. The van der Waals surface area contributed by atoms with Gasteiger partial charge in [0.25, 0.3) is 0 Å². The smallest absolute Gasteiger partial charge is 0.0988 e. The molecular formula is C8H14N2. The molecule has 0 aromatic carbocycles. The molecule has 1 rings (SSSR count). The van der Waals surface area contributed by atoms with E-state index < -0.39 is 0 Å². The third-order valence-corrected chi connectivity index (χ3v) is 0.945. The van der Waals surface area contributed by atoms with Gasteiger partial charge in [0.05, 0.1) is 6.33 Å². The Balaban J connectivity index is 0.000000371. The van der Waals surface area contributed by atoms with E-state index in [2.05, 4.69) is 11.6 Å². The topological polar surface area (TPSA) is 17.8 Å². The first-order valence-corrected chi connectivity index (χ1v) is 3.44. The second kappa shape index (κ2) is 4.79. The molecule has 0 fully saturated rings. The second-order valence-corrected chi connectivity index (χ2v) is 1.71. The summed E-state index contributed by atoms with van der Waals surface area (Å²) >= 11 is 0. The number of nitrogens with zero attached hydrogens (tertiary/aromatic N) is 2. The van der Waals surface area contributed by atoms with Crippen molar-refractivity contribution in [2.45, 2.75) is 20.8 Å². The van der Waals surface area contributed by atoms with Crippen LogP contribution in [0.2, 0.25) is 0 Å². The minimum absolute atomic E-state index is 0.988. The lowest BCUT2D eigenvalue weighted by Crippen LogP contribution is -1.84. The van der Waals surface area contributed by atoms with Crippen molar-refractivity contribution >= 4 is 5.70 Å². The van der Waals surface area contributed by atoms with Crippen molar-refractivity contribution in [3.05, 3.63) is 25.3 Å². The molecule has 0 aliphatic heterocycles. The Hall–Kier alpha value is -1.05. The van der Waals surface area contributed by atoms with Crippen LogP contribution >= 0.6 is 0 Å². The van der Waals surface area contributed by atoms with Crippen LogP contribution in [0.15, 0.2) is 25.3 Å². The van der Waals surface area contributed by atoms with E-state index in [0.29, 0.717) is 0 Å². The molecule has 0 saturated carbocycles. The summed E-state index contributed by atoms with van der Waals surface area (Å²) < 4.78 is 1.86. The molecule has 0 N–H and O–H groups in total. The summed E-state index contributed by atoms with van der Waals surface area (Å²) in [5.41, 5.74) is 0.988. The van der Waals surface area contributed by atoms with E-state index in [9.17, 15) is 0 Å². The zero-order chi connectivity index (χ0) is 7.98. The highest BCUT2D eigenvalue weighted by Gasteiger charge is 1.83. The summed E-state index contributed by atoms with van der Waals surface area (Å²) in [7, 11) is 0. The van der Waals surface area contributed by atoms with Crippen LogP contribution in [0.5, 0.6) is 0 Å². The summed E-state index contributed by atoms with van der Waals surface area (Å²) in [5, 5.41) is 0. The Labute approximate surface area is 62.2 Å². The molecule has 1 aromatic heterocycles. The lowest BCUT2D eigenvalue weighted by molar-refractivity contribution is 1.08. The predicted molar refractivity (Wildman–Crippen MR) is 44.6 cm³/mol. The van der Waals surface area contributed by atoms with Crippen molar-refractivity contribution in [2.75, 3.05) is 0 Å². The first-order chi connectivity index (χ1) is 4.80. The van der Waals surface area contributed by atoms with Crippen molar-refractivity contribution in [1.29, 1.82) is 0 Å². The van der Waals surface area contributed by atoms with Gasteiger partial charge in [0, 0.05) is 18.1 Å². The van der Waals surface area contributed by atoms with Gasteiger partial charge in [-0.1, -0.05) is 20.4 Å². The summed E-state index contributed by atoms with van der Waals surface area (Å²) in [5.74, 6) is 0. The zero-order valence-corrected chi connectivity index (χ0v) is 6.83. The minimum atomic E-state index is 0.988. The SMILES string of the molecule is C=C(C)n1ccnc1.CC. The van der Waals surface area contributed by atoms with E-state index in [-0.39, 0.29) is 0 Å². The predicted octanol–water partition coefficient (Wildman–Crippen LogP) is 2.40. The van der Waals surface area contributed by atoms with Crippen LogP contribution in [0.3, 0.4) is 0 Å². The second-order valence-electron chi connectivity index (χ2n) is 1.71. The van der Waals surface area contributed by atoms with Crippen molar-refractivity contribution in [1.82, 2.24) is 9.55 Å². The zero-order valence-electron chi connectivity index (χ0n) is 6.83. The first-order valence-electron chi connectivity index (χ1n) is 3.44. The molecule has 0 bridgehead atoms. The van der Waals surface area contributed by atoms with Crippen molar-refractivity contribution in [3.63, 3.8) is 0 Å². The number of aromatic nitrogens is 2. The van der Waals surface area contributed by atoms with E-state index in [1.165, 1.54) is 0 Å². The highest BCUT2D eigenvalue weighted by Crippen LogP contribution is 1.95. The Kier molecular flexibility index (Phi) is 4.29. The molecule has 0 aliphatic rings. The molecule has 0 spiro atoms. The molecular weight excluding hydrogens is 124 g/mol. The van der Waals surface area contributed by atoms with E-state index in [1.807, 2.05) is 31.5 Å². The minimum Gasteiger partial charge on any atom is -0.311 e. The Bertz CT molecular complexity index is 175. The molecule has 0 aliphatic carbocycles. The van der Waals surface area contributed by atoms with Crippen molar-refractivity contribution in [2.24, 2.45) is 0 Å². The third-order valence-electron chi connectivity index (χ3n) is 0.945. The lowest BCUT2D eigenvalue weighted by atomic mass is 10.6. The monoisotopic (exact) mass is 138 g/mol. The van der Waals surface area contributed by atoms with Crippen molar-refractivity contribution in [3.8, 4) is 0 Å². The Morgan fingerprint density at radius 3 is 2.30 bits per heavy atom. The number of imidazole rings is 1. The fourth-order valence-corrected chi connectivity index (χ4v) is 0.485. The molecule has 0 unspecified atom stereocenters. The molecule has 0 amide bonds. The molecule has 0 radical (unpaired) electrons. The quantitative estimate of drug-likeness (QED) is 0.582. The van der Waals surface area contributed by atoms with Gasteiger partial charge >= 0.3 is 0 Å². The highest BCUT2D eigenvalue weighted by molar-refractivity contribution is 5.36. The number of hydrogen-bond donors (Lipinski definition) is 0. The number of allylic oxidation sites excluding steroid dienone is 1. The fraction of sp³-hybridized carbons (Fsp3) is 0.375. The van der Waals surface area contributed by atoms with Gasteiger partial charge in [-0.15, -0.1) is 0 Å². The van der Waals surface area contributed by atoms with Crippen LogP contribution in [0.1, 0.15) is 20.8 Å². The molecule has 2 nitrogen and oxygen atoms in total. The molecule has 0 atom stereocenters. The largest absolute Gasteiger partial charge is 0.311 e. The van der Waals surface area contributed by atoms with E-state index in [4.69, 9.17) is 0 Å². The van der Waals surface area contributed by atoms with Gasteiger partial charge in [-0.3, -0.25) is 0 Å².